The molecule has 1 aliphatic heterocycles. The predicted octanol–water partition coefficient (Wildman–Crippen LogP) is 2.09. The van der Waals surface area contributed by atoms with Crippen molar-refractivity contribution >= 4 is 16.8 Å². The topological polar surface area (TPSA) is 34.0 Å². The number of nitrogens with zero attached hydrogens (tertiary/aromatic N) is 1. The predicted molar refractivity (Wildman–Crippen MR) is 68.0 cm³/mol. The average Bonchev–Trinajstić information content (AvgIpc) is 2.84. The van der Waals surface area contributed by atoms with E-state index in [0.717, 1.165) is 13.0 Å². The number of nitrogens with one attached hydrogen (secondary N) is 1. The Bertz CT molecular complexity index is 598. The molecule has 0 aliphatic carbocycles. The van der Waals surface area contributed by atoms with E-state index in [1.54, 1.807) is 0 Å². The third-order valence-corrected chi connectivity index (χ3v) is 3.85. The molecule has 0 radical (unpaired) electrons. The van der Waals surface area contributed by atoms with E-state index in [9.17, 15) is 4.79 Å². The van der Waals surface area contributed by atoms with Crippen LogP contribution in [0.4, 0.5) is 0 Å². The number of carbonyl (C=O) groups is 1. The Kier molecular flexibility index (Phi) is 2.21. The average molecular weight is 228 g/mol. The Morgan fingerprint density at radius 1 is 1.35 bits per heavy atom. The highest BCUT2D eigenvalue weighted by molar-refractivity contribution is 5.94. The monoisotopic (exact) mass is 228 g/mol. The first-order valence-corrected chi connectivity index (χ1v) is 6.02. The second-order valence-corrected chi connectivity index (χ2v) is 4.71. The zero-order chi connectivity index (χ0) is 12.0. The first-order valence-electron chi connectivity index (χ1n) is 6.02. The van der Waals surface area contributed by atoms with E-state index in [1.165, 1.54) is 22.2 Å². The van der Waals surface area contributed by atoms with E-state index in [0.29, 0.717) is 0 Å². The van der Waals surface area contributed by atoms with Gasteiger partial charge in [-0.25, -0.2) is 0 Å². The first kappa shape index (κ1) is 10.4. The molecule has 3 nitrogen and oxygen atoms in total. The highest BCUT2D eigenvalue weighted by Crippen LogP contribution is 2.34. The van der Waals surface area contributed by atoms with E-state index in [2.05, 4.69) is 36.0 Å². The molecule has 1 aromatic heterocycles. The fourth-order valence-electron chi connectivity index (χ4n) is 2.86. The summed E-state index contributed by atoms with van der Waals surface area (Å²) >= 11 is 0. The van der Waals surface area contributed by atoms with Gasteiger partial charge in [-0.15, -0.1) is 0 Å². The molecule has 1 N–H and O–H groups in total. The number of amides is 1. The molecule has 1 fully saturated rings. The number of para-hydroxylation sites is 1. The van der Waals surface area contributed by atoms with Crippen molar-refractivity contribution < 1.29 is 4.79 Å². The van der Waals surface area contributed by atoms with Gasteiger partial charge >= 0.3 is 0 Å². The van der Waals surface area contributed by atoms with Crippen LogP contribution < -0.4 is 5.32 Å². The molecule has 17 heavy (non-hydrogen) atoms. The minimum atomic E-state index is 0.0288. The fourth-order valence-corrected chi connectivity index (χ4v) is 2.86. The van der Waals surface area contributed by atoms with Gasteiger partial charge in [0.1, 0.15) is 0 Å². The number of carbonyl (C=O) groups excluding carboxylic acids is 1. The highest BCUT2D eigenvalue weighted by atomic mass is 16.2. The van der Waals surface area contributed by atoms with E-state index >= 15 is 0 Å². The Morgan fingerprint density at radius 3 is 2.82 bits per heavy atom. The van der Waals surface area contributed by atoms with Gasteiger partial charge in [0, 0.05) is 30.2 Å². The van der Waals surface area contributed by atoms with Crippen LogP contribution in [0.25, 0.3) is 10.9 Å². The molecule has 3 rings (SSSR count). The maximum atomic E-state index is 11.9. The summed E-state index contributed by atoms with van der Waals surface area (Å²) in [4.78, 5) is 11.9. The molecule has 1 aromatic carbocycles. The number of aryl methyl sites for hydroxylation is 1. The molecule has 2 heterocycles. The van der Waals surface area contributed by atoms with Crippen LogP contribution in [-0.2, 0) is 11.8 Å². The molecule has 0 saturated carbocycles. The quantitative estimate of drug-likeness (QED) is 0.796. The Morgan fingerprint density at radius 2 is 2.12 bits per heavy atom. The molecule has 88 valence electrons. The summed E-state index contributed by atoms with van der Waals surface area (Å²) in [6.45, 7) is 2.90. The maximum Gasteiger partial charge on any atom is 0.227 e. The van der Waals surface area contributed by atoms with Crippen LogP contribution in [0.3, 0.4) is 0 Å². The van der Waals surface area contributed by atoms with Gasteiger partial charge < -0.3 is 9.88 Å². The Balaban J connectivity index is 2.28. The fraction of sp³-hybridized carbons (Fsp3) is 0.357. The van der Waals surface area contributed by atoms with E-state index in [1.807, 2.05) is 12.1 Å². The van der Waals surface area contributed by atoms with Gasteiger partial charge in [-0.2, -0.15) is 0 Å². The summed E-state index contributed by atoms with van der Waals surface area (Å²) in [5.41, 5.74) is 3.62. The number of fused-ring (bicyclic) bond motifs is 1. The number of hydrogen-bond donors (Lipinski definition) is 1. The second-order valence-electron chi connectivity index (χ2n) is 4.71. The van der Waals surface area contributed by atoms with Crippen LogP contribution in [0, 0.1) is 6.92 Å². The lowest BCUT2D eigenvalue weighted by Gasteiger charge is -2.07. The molecule has 1 saturated heterocycles. The normalized spacial score (nSPS) is 19.9. The van der Waals surface area contributed by atoms with E-state index in [4.69, 9.17) is 0 Å². The molecular weight excluding hydrogens is 212 g/mol. The van der Waals surface area contributed by atoms with Gasteiger partial charge in [0.2, 0.25) is 5.91 Å². The Hall–Kier alpha value is -1.77. The molecule has 1 atom stereocenters. The lowest BCUT2D eigenvalue weighted by Crippen LogP contribution is -2.18. The van der Waals surface area contributed by atoms with Gasteiger partial charge in [-0.3, -0.25) is 4.79 Å². The largest absolute Gasteiger partial charge is 0.356 e. The van der Waals surface area contributed by atoms with Crippen molar-refractivity contribution in [2.45, 2.75) is 19.3 Å². The molecule has 0 bridgehead atoms. The van der Waals surface area contributed by atoms with Gasteiger partial charge in [0.15, 0.2) is 0 Å². The van der Waals surface area contributed by atoms with Crippen molar-refractivity contribution in [1.29, 1.82) is 0 Å². The van der Waals surface area contributed by atoms with Gasteiger partial charge in [0.05, 0.1) is 5.92 Å². The third-order valence-electron chi connectivity index (χ3n) is 3.85. The van der Waals surface area contributed by atoms with Crippen molar-refractivity contribution in [2.24, 2.45) is 7.05 Å². The maximum absolute atomic E-state index is 11.9. The summed E-state index contributed by atoms with van der Waals surface area (Å²) in [6.07, 6.45) is 0.910. The molecule has 1 unspecified atom stereocenters. The Labute approximate surface area is 100 Å². The molecule has 1 amide bonds. The van der Waals surface area contributed by atoms with Crippen molar-refractivity contribution in [1.82, 2.24) is 9.88 Å². The van der Waals surface area contributed by atoms with Crippen LogP contribution >= 0.6 is 0 Å². The molecule has 0 spiro atoms. The van der Waals surface area contributed by atoms with Crippen LogP contribution in [0.2, 0.25) is 0 Å². The number of aromatic nitrogens is 1. The van der Waals surface area contributed by atoms with Gasteiger partial charge in [0.25, 0.3) is 0 Å². The van der Waals surface area contributed by atoms with Crippen LogP contribution in [0.15, 0.2) is 24.3 Å². The SMILES string of the molecule is Cc1c(C2CCNC2=O)c2ccccc2n1C. The number of rotatable bonds is 1. The van der Waals surface area contributed by atoms with E-state index < -0.39 is 0 Å². The summed E-state index contributed by atoms with van der Waals surface area (Å²) < 4.78 is 2.18. The zero-order valence-electron chi connectivity index (χ0n) is 10.2. The standard InChI is InChI=1S/C14H16N2O/c1-9-13(11-7-8-15-14(11)17)10-5-3-4-6-12(10)16(9)2/h3-6,11H,7-8H2,1-2H3,(H,15,17). The minimum absolute atomic E-state index is 0.0288. The van der Waals surface area contributed by atoms with Gasteiger partial charge in [-0.05, 0) is 25.0 Å². The number of benzene rings is 1. The van der Waals surface area contributed by atoms with Crippen molar-refractivity contribution in [3.05, 3.63) is 35.5 Å². The van der Waals surface area contributed by atoms with Gasteiger partial charge in [-0.1, -0.05) is 18.2 Å². The molecular formula is C14H16N2O. The molecule has 3 heteroatoms. The van der Waals surface area contributed by atoms with Crippen LogP contribution in [0.5, 0.6) is 0 Å². The lowest BCUT2D eigenvalue weighted by molar-refractivity contribution is -0.120. The first-order chi connectivity index (χ1) is 8.20. The lowest BCUT2D eigenvalue weighted by atomic mass is 9.95. The van der Waals surface area contributed by atoms with E-state index in [-0.39, 0.29) is 11.8 Å². The van der Waals surface area contributed by atoms with Crippen molar-refractivity contribution in [2.75, 3.05) is 6.54 Å². The van der Waals surface area contributed by atoms with Crippen molar-refractivity contribution in [3.8, 4) is 0 Å². The minimum Gasteiger partial charge on any atom is -0.356 e. The van der Waals surface area contributed by atoms with Crippen molar-refractivity contribution in [3.63, 3.8) is 0 Å². The van der Waals surface area contributed by atoms with Crippen LogP contribution in [-0.4, -0.2) is 17.0 Å². The third kappa shape index (κ3) is 1.38. The second kappa shape index (κ2) is 3.62. The summed E-state index contributed by atoms with van der Waals surface area (Å²) in [5.74, 6) is 0.200. The summed E-state index contributed by atoms with van der Waals surface area (Å²) in [7, 11) is 2.06. The summed E-state index contributed by atoms with van der Waals surface area (Å²) in [5, 5.41) is 4.14. The summed E-state index contributed by atoms with van der Waals surface area (Å²) in [6, 6.07) is 8.31. The number of hydrogen-bond acceptors (Lipinski definition) is 1. The highest BCUT2D eigenvalue weighted by Gasteiger charge is 2.30. The van der Waals surface area contributed by atoms with Crippen LogP contribution in [0.1, 0.15) is 23.6 Å². The smallest absolute Gasteiger partial charge is 0.227 e. The zero-order valence-corrected chi connectivity index (χ0v) is 10.2. The molecule has 1 aliphatic rings. The molecule has 2 aromatic rings.